The summed E-state index contributed by atoms with van der Waals surface area (Å²) in [7, 11) is -0.958. The van der Waals surface area contributed by atoms with Gasteiger partial charge in [0.2, 0.25) is 0 Å². The number of aryl methyl sites for hydroxylation is 3. The fourth-order valence-corrected chi connectivity index (χ4v) is 2.68. The lowest BCUT2D eigenvalue weighted by Gasteiger charge is -2.09. The van der Waals surface area contributed by atoms with E-state index in [1.54, 1.807) is 17.0 Å². The monoisotopic (exact) mass is 333 g/mol. The first-order chi connectivity index (χ1) is 10.8. The van der Waals surface area contributed by atoms with E-state index in [0.717, 1.165) is 22.5 Å². The Morgan fingerprint density at radius 1 is 1.22 bits per heavy atom. The van der Waals surface area contributed by atoms with Crippen LogP contribution in [0.1, 0.15) is 34.2 Å². The zero-order chi connectivity index (χ0) is 17.1. The summed E-state index contributed by atoms with van der Waals surface area (Å²) >= 11 is 0. The van der Waals surface area contributed by atoms with Crippen molar-refractivity contribution >= 4 is 16.7 Å². The van der Waals surface area contributed by atoms with Crippen LogP contribution in [-0.4, -0.2) is 37.9 Å². The number of hydrogen-bond donors (Lipinski definition) is 1. The fraction of sp³-hybridized carbons (Fsp3) is 0.412. The molecule has 0 aliphatic heterocycles. The van der Waals surface area contributed by atoms with Gasteiger partial charge in [0.1, 0.15) is 0 Å². The molecular formula is C17H23N3O2S. The molecule has 1 amide bonds. The van der Waals surface area contributed by atoms with Gasteiger partial charge in [0.15, 0.2) is 5.69 Å². The number of nitrogens with zero attached hydrogens (tertiary/aromatic N) is 2. The molecule has 1 aromatic carbocycles. The van der Waals surface area contributed by atoms with E-state index in [4.69, 9.17) is 0 Å². The molecule has 1 heterocycles. The van der Waals surface area contributed by atoms with E-state index in [1.165, 1.54) is 0 Å². The Hall–Kier alpha value is -1.95. The van der Waals surface area contributed by atoms with Gasteiger partial charge in [0.25, 0.3) is 5.91 Å². The van der Waals surface area contributed by atoms with Gasteiger partial charge < -0.3 is 5.32 Å². The number of aromatic nitrogens is 2. The molecule has 0 unspecified atom stereocenters. The van der Waals surface area contributed by atoms with E-state index in [2.05, 4.69) is 16.5 Å². The first kappa shape index (κ1) is 17.4. The molecule has 23 heavy (non-hydrogen) atoms. The minimum Gasteiger partial charge on any atom is -0.349 e. The van der Waals surface area contributed by atoms with Gasteiger partial charge in [-0.15, -0.1) is 0 Å². The maximum atomic E-state index is 12.2. The highest BCUT2D eigenvalue weighted by atomic mass is 32.2. The van der Waals surface area contributed by atoms with Crippen molar-refractivity contribution in [1.82, 2.24) is 15.1 Å². The third-order valence-electron chi connectivity index (χ3n) is 3.69. The standard InChI is InChI=1S/C17H23N3O2S/c1-11-6-12(2)8-15(7-11)20-13(3)9-16(19-20)17(21)18-10-14(4)23(5)22/h6-9,14H,10H2,1-5H3,(H,18,21)/t14-,23+/m1/s1. The molecule has 1 N–H and O–H groups in total. The summed E-state index contributed by atoms with van der Waals surface area (Å²) in [5.41, 5.74) is 4.52. The second-order valence-corrected chi connectivity index (χ2v) is 7.75. The van der Waals surface area contributed by atoms with E-state index in [9.17, 15) is 9.00 Å². The molecule has 0 aliphatic carbocycles. The average molecular weight is 333 g/mol. The van der Waals surface area contributed by atoms with Gasteiger partial charge in [0.05, 0.1) is 5.69 Å². The van der Waals surface area contributed by atoms with Crippen molar-refractivity contribution in [3.63, 3.8) is 0 Å². The number of carbonyl (C=O) groups is 1. The van der Waals surface area contributed by atoms with Crippen LogP contribution in [0.4, 0.5) is 0 Å². The second-order valence-electron chi connectivity index (χ2n) is 5.95. The molecule has 0 spiro atoms. The van der Waals surface area contributed by atoms with E-state index < -0.39 is 10.8 Å². The quantitative estimate of drug-likeness (QED) is 0.913. The van der Waals surface area contributed by atoms with Crippen LogP contribution in [0.5, 0.6) is 0 Å². The molecule has 6 heteroatoms. The van der Waals surface area contributed by atoms with Crippen LogP contribution >= 0.6 is 0 Å². The van der Waals surface area contributed by atoms with E-state index in [0.29, 0.717) is 12.2 Å². The highest BCUT2D eigenvalue weighted by Crippen LogP contribution is 2.16. The maximum absolute atomic E-state index is 12.2. The van der Waals surface area contributed by atoms with Gasteiger partial charge in [-0.2, -0.15) is 5.10 Å². The molecule has 124 valence electrons. The van der Waals surface area contributed by atoms with Crippen molar-refractivity contribution in [3.8, 4) is 5.69 Å². The molecule has 5 nitrogen and oxygen atoms in total. The summed E-state index contributed by atoms with van der Waals surface area (Å²) < 4.78 is 13.1. The molecule has 0 aliphatic rings. The fourth-order valence-electron chi connectivity index (χ4n) is 2.36. The van der Waals surface area contributed by atoms with Crippen molar-refractivity contribution in [3.05, 3.63) is 46.8 Å². The summed E-state index contributed by atoms with van der Waals surface area (Å²) in [4.78, 5) is 12.2. The topological polar surface area (TPSA) is 64.0 Å². The average Bonchev–Trinajstić information content (AvgIpc) is 2.85. The third kappa shape index (κ3) is 4.28. The van der Waals surface area contributed by atoms with Crippen LogP contribution in [0.2, 0.25) is 0 Å². The summed E-state index contributed by atoms with van der Waals surface area (Å²) in [5, 5.41) is 7.12. The lowest BCUT2D eigenvalue weighted by atomic mass is 10.1. The van der Waals surface area contributed by atoms with Crippen molar-refractivity contribution in [1.29, 1.82) is 0 Å². The molecule has 0 bridgehead atoms. The molecule has 0 saturated carbocycles. The van der Waals surface area contributed by atoms with Crippen molar-refractivity contribution in [2.24, 2.45) is 0 Å². The molecule has 0 saturated heterocycles. The van der Waals surface area contributed by atoms with Gasteiger partial charge in [-0.05, 0) is 57.0 Å². The van der Waals surface area contributed by atoms with E-state index in [1.807, 2.05) is 39.8 Å². The highest BCUT2D eigenvalue weighted by Gasteiger charge is 2.15. The third-order valence-corrected chi connectivity index (χ3v) is 4.99. The molecule has 0 fully saturated rings. The molecule has 0 radical (unpaired) electrons. The predicted molar refractivity (Wildman–Crippen MR) is 93.6 cm³/mol. The number of benzene rings is 1. The van der Waals surface area contributed by atoms with Gasteiger partial charge >= 0.3 is 0 Å². The van der Waals surface area contributed by atoms with Crippen LogP contribution < -0.4 is 5.32 Å². The van der Waals surface area contributed by atoms with Gasteiger partial charge in [-0.3, -0.25) is 9.00 Å². The summed E-state index contributed by atoms with van der Waals surface area (Å²) in [6.45, 7) is 8.21. The van der Waals surface area contributed by atoms with Crippen LogP contribution in [0.15, 0.2) is 24.3 Å². The minimum absolute atomic E-state index is 0.0819. The zero-order valence-electron chi connectivity index (χ0n) is 14.2. The molecular weight excluding hydrogens is 310 g/mol. The molecule has 1 aromatic heterocycles. The minimum atomic E-state index is -0.958. The molecule has 2 aromatic rings. The summed E-state index contributed by atoms with van der Waals surface area (Å²) in [6.07, 6.45) is 1.63. The highest BCUT2D eigenvalue weighted by molar-refractivity contribution is 7.84. The maximum Gasteiger partial charge on any atom is 0.271 e. The lowest BCUT2D eigenvalue weighted by molar-refractivity contribution is 0.0948. The Kier molecular flexibility index (Phi) is 5.36. The summed E-state index contributed by atoms with van der Waals surface area (Å²) in [6, 6.07) is 7.94. The molecule has 2 rings (SSSR count). The molecule has 2 atom stereocenters. The van der Waals surface area contributed by atoms with Crippen molar-refractivity contribution in [2.45, 2.75) is 32.9 Å². The Morgan fingerprint density at radius 2 is 1.83 bits per heavy atom. The van der Waals surface area contributed by atoms with Crippen LogP contribution in [0.3, 0.4) is 0 Å². The zero-order valence-corrected chi connectivity index (χ0v) is 15.0. The van der Waals surface area contributed by atoms with Gasteiger partial charge in [-0.25, -0.2) is 4.68 Å². The number of amides is 1. The van der Waals surface area contributed by atoms with Crippen molar-refractivity contribution in [2.75, 3.05) is 12.8 Å². The number of carbonyl (C=O) groups excluding carboxylic acids is 1. The number of rotatable bonds is 5. The van der Waals surface area contributed by atoms with Gasteiger partial charge in [0, 0.05) is 34.5 Å². The number of hydrogen-bond acceptors (Lipinski definition) is 3. The van der Waals surface area contributed by atoms with Crippen molar-refractivity contribution < 1.29 is 9.00 Å². The normalized spacial score (nSPS) is 13.6. The lowest BCUT2D eigenvalue weighted by Crippen LogP contribution is -2.32. The first-order valence-corrected chi connectivity index (χ1v) is 9.16. The van der Waals surface area contributed by atoms with Crippen LogP contribution in [0, 0.1) is 20.8 Å². The first-order valence-electron chi connectivity index (χ1n) is 7.53. The second kappa shape index (κ2) is 7.08. The SMILES string of the molecule is Cc1cc(C)cc(-n2nc(C(=O)NC[C@@H](C)[S@](C)=O)cc2C)c1. The van der Waals surface area contributed by atoms with Gasteiger partial charge in [-0.1, -0.05) is 6.07 Å². The van der Waals surface area contributed by atoms with Crippen LogP contribution in [0.25, 0.3) is 5.69 Å². The Bertz CT molecular complexity index is 732. The smallest absolute Gasteiger partial charge is 0.271 e. The Labute approximate surface area is 139 Å². The summed E-state index contributed by atoms with van der Waals surface area (Å²) in [5.74, 6) is -0.242. The van der Waals surface area contributed by atoms with E-state index >= 15 is 0 Å². The number of nitrogens with one attached hydrogen (secondary N) is 1. The van der Waals surface area contributed by atoms with Crippen LogP contribution in [-0.2, 0) is 10.8 Å². The predicted octanol–water partition coefficient (Wildman–Crippen LogP) is 2.29. The largest absolute Gasteiger partial charge is 0.349 e. The Morgan fingerprint density at radius 3 is 2.39 bits per heavy atom. The van der Waals surface area contributed by atoms with E-state index in [-0.39, 0.29) is 11.2 Å². The Balaban J connectivity index is 2.20.